The fraction of sp³-hybridized carbons (Fsp3) is 0.892. The standard InChI is InChI=1S/C37H65NO12/c1-14-26-35(8,43)16-19(2)28(39)20(3)17-36(9,44)32(50-34-29(40)25(38(11)12)15-21(4)46-34)22(5)30(23(6)33(42)48-26)49-27-18-37(10,45-13)31(41)24(7)47-27/h16,20-27,29-32,34,40-41,43-44H,14-15,17-18H2,1-13H3/b19-16+/t20-,21?,22+,23-,24?,25?,26-,27?,29?,30+,31?,32-,34?,35+,36-,37?/m1/s1. The van der Waals surface area contributed by atoms with Gasteiger partial charge in [-0.2, -0.15) is 0 Å². The van der Waals surface area contributed by atoms with E-state index in [1.54, 1.807) is 55.4 Å². The van der Waals surface area contributed by atoms with Crippen LogP contribution >= 0.6 is 0 Å². The number of esters is 1. The second-order valence-corrected chi connectivity index (χ2v) is 16.0. The highest BCUT2D eigenvalue weighted by Gasteiger charge is 2.52. The maximum atomic E-state index is 14.0. The van der Waals surface area contributed by atoms with Crippen LogP contribution in [-0.2, 0) is 38.0 Å². The Morgan fingerprint density at radius 3 is 2.16 bits per heavy atom. The molecule has 4 N–H and O–H groups in total. The van der Waals surface area contributed by atoms with E-state index in [1.165, 1.54) is 20.1 Å². The van der Waals surface area contributed by atoms with Gasteiger partial charge in [-0.15, -0.1) is 0 Å². The lowest BCUT2D eigenvalue weighted by Crippen LogP contribution is -2.60. The summed E-state index contributed by atoms with van der Waals surface area (Å²) in [5.74, 6) is -3.48. The van der Waals surface area contributed by atoms with Crippen molar-refractivity contribution in [3.63, 3.8) is 0 Å². The van der Waals surface area contributed by atoms with Crippen molar-refractivity contribution in [3.8, 4) is 0 Å². The molecule has 3 aliphatic rings. The molecule has 8 unspecified atom stereocenters. The first-order chi connectivity index (χ1) is 23.0. The van der Waals surface area contributed by atoms with Crippen LogP contribution in [0.2, 0.25) is 0 Å². The molecule has 0 aromatic rings. The average Bonchev–Trinajstić information content (AvgIpc) is 3.02. The maximum Gasteiger partial charge on any atom is 0.311 e. The summed E-state index contributed by atoms with van der Waals surface area (Å²) in [6.45, 7) is 16.9. The lowest BCUT2D eigenvalue weighted by atomic mass is 9.76. The summed E-state index contributed by atoms with van der Waals surface area (Å²) in [5, 5.41) is 46.1. The Kier molecular flexibility index (Phi) is 14.3. The van der Waals surface area contributed by atoms with Crippen LogP contribution < -0.4 is 0 Å². The van der Waals surface area contributed by atoms with E-state index in [1.807, 2.05) is 25.9 Å². The Morgan fingerprint density at radius 2 is 1.60 bits per heavy atom. The topological polar surface area (TPSA) is 174 Å². The second-order valence-electron chi connectivity index (χ2n) is 16.0. The molecule has 290 valence electrons. The number of methoxy groups -OCH3 is 1. The number of Topliss-reactive ketones (excluding diaryl/α,β-unsaturated/α-hetero) is 1. The van der Waals surface area contributed by atoms with Gasteiger partial charge in [-0.3, -0.25) is 9.59 Å². The molecule has 0 aliphatic carbocycles. The molecule has 3 heterocycles. The smallest absolute Gasteiger partial charge is 0.311 e. The van der Waals surface area contributed by atoms with Gasteiger partial charge in [0.15, 0.2) is 18.4 Å². The monoisotopic (exact) mass is 715 g/mol. The summed E-state index contributed by atoms with van der Waals surface area (Å²) in [6, 6.07) is -0.300. The van der Waals surface area contributed by atoms with Gasteiger partial charge in [0.05, 0.1) is 41.5 Å². The van der Waals surface area contributed by atoms with Crippen molar-refractivity contribution in [1.82, 2.24) is 4.90 Å². The van der Waals surface area contributed by atoms with Crippen molar-refractivity contribution in [2.75, 3.05) is 21.2 Å². The van der Waals surface area contributed by atoms with Gasteiger partial charge in [-0.25, -0.2) is 0 Å². The van der Waals surface area contributed by atoms with E-state index in [2.05, 4.69) is 0 Å². The van der Waals surface area contributed by atoms with Gasteiger partial charge >= 0.3 is 5.97 Å². The molecule has 0 radical (unpaired) electrons. The van der Waals surface area contributed by atoms with Crippen LogP contribution in [-0.4, -0.2) is 136 Å². The van der Waals surface area contributed by atoms with E-state index in [9.17, 15) is 30.0 Å². The van der Waals surface area contributed by atoms with Gasteiger partial charge in [-0.1, -0.05) is 20.8 Å². The Labute approximate surface area is 298 Å². The minimum absolute atomic E-state index is 0.0582. The van der Waals surface area contributed by atoms with Crippen LogP contribution in [0.15, 0.2) is 11.6 Å². The van der Waals surface area contributed by atoms with Crippen molar-refractivity contribution in [2.45, 2.75) is 173 Å². The number of hydrogen-bond acceptors (Lipinski definition) is 13. The molecule has 0 bridgehead atoms. The van der Waals surface area contributed by atoms with Gasteiger partial charge in [0, 0.05) is 31.4 Å². The highest BCUT2D eigenvalue weighted by molar-refractivity contribution is 5.96. The molecule has 0 saturated carbocycles. The number of cyclic esters (lactones) is 1. The summed E-state index contributed by atoms with van der Waals surface area (Å²) in [4.78, 5) is 29.6. The quantitative estimate of drug-likeness (QED) is 0.284. The molecular weight excluding hydrogens is 650 g/mol. The number of carbonyl (C=O) groups excluding carboxylic acids is 2. The van der Waals surface area contributed by atoms with Crippen molar-refractivity contribution in [3.05, 3.63) is 11.6 Å². The van der Waals surface area contributed by atoms with E-state index >= 15 is 0 Å². The summed E-state index contributed by atoms with van der Waals surface area (Å²) in [5.41, 5.74) is -4.16. The van der Waals surface area contributed by atoms with Crippen molar-refractivity contribution in [1.29, 1.82) is 0 Å². The molecule has 13 nitrogen and oxygen atoms in total. The number of allylic oxidation sites excluding steroid dienone is 1. The van der Waals surface area contributed by atoms with Crippen LogP contribution in [0.3, 0.4) is 0 Å². The fourth-order valence-electron chi connectivity index (χ4n) is 8.09. The van der Waals surface area contributed by atoms with Crippen molar-refractivity contribution >= 4 is 11.8 Å². The van der Waals surface area contributed by atoms with Crippen LogP contribution in [0.4, 0.5) is 0 Å². The average molecular weight is 716 g/mol. The molecule has 3 rings (SSSR count). The first kappa shape index (κ1) is 42.9. The third-order valence-electron chi connectivity index (χ3n) is 11.2. The molecule has 16 atom stereocenters. The summed E-state index contributed by atoms with van der Waals surface area (Å²) in [7, 11) is 5.22. The number of rotatable bonds is 7. The summed E-state index contributed by atoms with van der Waals surface area (Å²) >= 11 is 0. The normalized spacial score (nSPS) is 48.4. The van der Waals surface area contributed by atoms with Gasteiger partial charge < -0.3 is 53.7 Å². The molecular formula is C37H65NO12. The van der Waals surface area contributed by atoms with Gasteiger partial charge in [0.25, 0.3) is 0 Å². The highest BCUT2D eigenvalue weighted by atomic mass is 16.7. The molecule has 2 fully saturated rings. The second kappa shape index (κ2) is 16.7. The first-order valence-electron chi connectivity index (χ1n) is 18.1. The molecule has 0 aromatic heterocycles. The Bertz CT molecular complexity index is 1190. The Morgan fingerprint density at radius 1 is 0.980 bits per heavy atom. The van der Waals surface area contributed by atoms with Crippen LogP contribution in [0.25, 0.3) is 0 Å². The zero-order valence-corrected chi connectivity index (χ0v) is 32.4. The van der Waals surface area contributed by atoms with E-state index in [4.69, 9.17) is 28.4 Å². The van der Waals surface area contributed by atoms with Gasteiger partial charge in [0.2, 0.25) is 0 Å². The molecule has 0 aromatic carbocycles. The largest absolute Gasteiger partial charge is 0.459 e. The molecule has 2 saturated heterocycles. The fourth-order valence-corrected chi connectivity index (χ4v) is 8.09. The number of likely N-dealkylation sites (N-methyl/N-ethyl adjacent to an activating group) is 1. The molecule has 0 spiro atoms. The Balaban J connectivity index is 2.18. The molecule has 50 heavy (non-hydrogen) atoms. The summed E-state index contributed by atoms with van der Waals surface area (Å²) in [6.07, 6.45) is -5.98. The number of ether oxygens (including phenoxy) is 6. The Hall–Kier alpha value is -1.52. The van der Waals surface area contributed by atoms with Crippen molar-refractivity contribution in [2.24, 2.45) is 17.8 Å². The number of aliphatic hydroxyl groups is 4. The zero-order chi connectivity index (χ0) is 38.1. The van der Waals surface area contributed by atoms with Gasteiger partial charge in [0.1, 0.15) is 23.9 Å². The van der Waals surface area contributed by atoms with E-state index in [0.717, 1.165) is 0 Å². The van der Waals surface area contributed by atoms with Crippen LogP contribution in [0.5, 0.6) is 0 Å². The molecule has 13 heteroatoms. The van der Waals surface area contributed by atoms with E-state index < -0.39 is 89.7 Å². The van der Waals surface area contributed by atoms with E-state index in [0.29, 0.717) is 6.42 Å². The number of ketones is 1. The third-order valence-corrected chi connectivity index (χ3v) is 11.2. The van der Waals surface area contributed by atoms with E-state index in [-0.39, 0.29) is 42.8 Å². The zero-order valence-electron chi connectivity index (χ0n) is 32.4. The first-order valence-corrected chi connectivity index (χ1v) is 18.1. The number of aliphatic hydroxyl groups excluding tert-OH is 2. The van der Waals surface area contributed by atoms with Gasteiger partial charge in [-0.05, 0) is 93.5 Å². The predicted molar refractivity (Wildman–Crippen MR) is 185 cm³/mol. The SMILES string of the molecule is CC[C@H]1OC(=O)[C@H](C)[C@@H](OC2CC(C)(OC)C(O)C(C)O2)[C@H](C)[C@@H](OC2OC(C)CC(N(C)C)C2O)[C@](C)(O)C[C@@H](C)C(=O)/C(C)=C/[C@]1(C)O. The van der Waals surface area contributed by atoms with Crippen LogP contribution in [0, 0.1) is 17.8 Å². The third kappa shape index (κ3) is 9.52. The number of nitrogens with zero attached hydrogens (tertiary/aromatic N) is 1. The lowest BCUT2D eigenvalue weighted by molar-refractivity contribution is -0.317. The molecule has 3 aliphatic heterocycles. The molecule has 0 amide bonds. The lowest BCUT2D eigenvalue weighted by Gasteiger charge is -2.48. The number of hydrogen-bond donors (Lipinski definition) is 4. The number of carbonyl (C=O) groups is 2. The minimum Gasteiger partial charge on any atom is -0.459 e. The minimum atomic E-state index is -1.73. The highest BCUT2D eigenvalue weighted by Crippen LogP contribution is 2.40. The maximum absolute atomic E-state index is 14.0. The van der Waals surface area contributed by atoms with Crippen molar-refractivity contribution < 1.29 is 58.4 Å². The van der Waals surface area contributed by atoms with Crippen LogP contribution in [0.1, 0.15) is 94.9 Å². The predicted octanol–water partition coefficient (Wildman–Crippen LogP) is 2.73. The summed E-state index contributed by atoms with van der Waals surface area (Å²) < 4.78 is 37.2.